The number of hydrogen-bond acceptors (Lipinski definition) is 2. The van der Waals surface area contributed by atoms with Crippen molar-refractivity contribution < 1.29 is 14.3 Å². The van der Waals surface area contributed by atoms with E-state index >= 15 is 0 Å². The fourth-order valence-electron chi connectivity index (χ4n) is 2.41. The van der Waals surface area contributed by atoms with Crippen molar-refractivity contribution in [2.75, 3.05) is 13.1 Å². The van der Waals surface area contributed by atoms with Gasteiger partial charge in [-0.2, -0.15) is 0 Å². The highest BCUT2D eigenvalue weighted by atomic mass is 35.5. The highest BCUT2D eigenvalue weighted by Gasteiger charge is 2.39. The van der Waals surface area contributed by atoms with E-state index in [1.54, 1.807) is 12.1 Å². The Labute approximate surface area is 112 Å². The van der Waals surface area contributed by atoms with E-state index < -0.39 is 11.4 Å². The molecule has 1 aliphatic rings. The second kappa shape index (κ2) is 6.16. The smallest absolute Gasteiger partial charge is 0.310 e. The maximum atomic E-state index is 13.1. The minimum atomic E-state index is -0.775. The molecule has 0 amide bonds. The molecule has 18 heavy (non-hydrogen) atoms. The molecule has 0 atom stereocenters. The van der Waals surface area contributed by atoms with Gasteiger partial charge in [-0.3, -0.25) is 4.79 Å². The second-order valence-corrected chi connectivity index (χ2v) is 4.64. The van der Waals surface area contributed by atoms with Gasteiger partial charge in [0.15, 0.2) is 0 Å². The van der Waals surface area contributed by atoms with Gasteiger partial charge in [-0.1, -0.05) is 12.1 Å². The van der Waals surface area contributed by atoms with Crippen LogP contribution in [0.3, 0.4) is 0 Å². The molecule has 0 radical (unpaired) electrons. The topological polar surface area (TPSA) is 49.3 Å². The summed E-state index contributed by atoms with van der Waals surface area (Å²) in [5.74, 6) is -1.08. The van der Waals surface area contributed by atoms with Crippen LogP contribution in [0.1, 0.15) is 18.4 Å². The molecule has 1 heterocycles. The average Bonchev–Trinajstić information content (AvgIpc) is 2.30. The van der Waals surface area contributed by atoms with Crippen molar-refractivity contribution in [1.82, 2.24) is 5.32 Å². The summed E-state index contributed by atoms with van der Waals surface area (Å²) in [7, 11) is 0. The molecule has 0 bridgehead atoms. The van der Waals surface area contributed by atoms with Crippen molar-refractivity contribution in [3.8, 4) is 0 Å². The van der Waals surface area contributed by atoms with E-state index in [4.69, 9.17) is 0 Å². The molecule has 0 unspecified atom stereocenters. The van der Waals surface area contributed by atoms with E-state index in [1.807, 2.05) is 0 Å². The van der Waals surface area contributed by atoms with Crippen LogP contribution in [-0.4, -0.2) is 24.2 Å². The van der Waals surface area contributed by atoms with Gasteiger partial charge in [0.05, 0.1) is 5.41 Å². The number of halogens is 2. The van der Waals surface area contributed by atoms with Crippen molar-refractivity contribution in [2.45, 2.75) is 19.3 Å². The molecule has 1 aromatic rings. The highest BCUT2D eigenvalue weighted by molar-refractivity contribution is 5.85. The SMILES string of the molecule is Cl.O=C(O)C1(Cc2cccc(F)c2)CCNCC1. The fourth-order valence-corrected chi connectivity index (χ4v) is 2.41. The van der Waals surface area contributed by atoms with E-state index in [1.165, 1.54) is 12.1 Å². The van der Waals surface area contributed by atoms with Gasteiger partial charge in [0, 0.05) is 0 Å². The number of piperidine rings is 1. The fraction of sp³-hybridized carbons (Fsp3) is 0.462. The number of hydrogen-bond donors (Lipinski definition) is 2. The zero-order valence-corrected chi connectivity index (χ0v) is 10.8. The van der Waals surface area contributed by atoms with E-state index in [0.29, 0.717) is 32.4 Å². The first-order chi connectivity index (χ1) is 8.12. The van der Waals surface area contributed by atoms with Crippen molar-refractivity contribution in [3.63, 3.8) is 0 Å². The molecular formula is C13H17ClFNO2. The summed E-state index contributed by atoms with van der Waals surface area (Å²) < 4.78 is 13.1. The summed E-state index contributed by atoms with van der Waals surface area (Å²) in [5, 5.41) is 12.6. The quantitative estimate of drug-likeness (QED) is 0.888. The van der Waals surface area contributed by atoms with Gasteiger partial charge in [-0.25, -0.2) is 4.39 Å². The van der Waals surface area contributed by atoms with Crippen molar-refractivity contribution in [3.05, 3.63) is 35.6 Å². The van der Waals surface area contributed by atoms with Crippen LogP contribution >= 0.6 is 12.4 Å². The normalized spacial score (nSPS) is 17.8. The van der Waals surface area contributed by atoms with Gasteiger partial charge < -0.3 is 10.4 Å². The van der Waals surface area contributed by atoms with Gasteiger partial charge >= 0.3 is 5.97 Å². The maximum absolute atomic E-state index is 13.1. The number of carbonyl (C=O) groups is 1. The van der Waals surface area contributed by atoms with Crippen LogP contribution in [0, 0.1) is 11.2 Å². The van der Waals surface area contributed by atoms with E-state index in [-0.39, 0.29) is 18.2 Å². The number of carboxylic acid groups (broad SMARTS) is 1. The molecule has 5 heteroatoms. The lowest BCUT2D eigenvalue weighted by atomic mass is 9.74. The molecular weight excluding hydrogens is 257 g/mol. The molecule has 1 aliphatic heterocycles. The Bertz CT molecular complexity index is 419. The van der Waals surface area contributed by atoms with Crippen molar-refractivity contribution in [1.29, 1.82) is 0 Å². The molecule has 1 fully saturated rings. The molecule has 0 spiro atoms. The summed E-state index contributed by atoms with van der Waals surface area (Å²) in [6.07, 6.45) is 1.60. The molecule has 2 rings (SSSR count). The third kappa shape index (κ3) is 3.21. The molecule has 2 N–H and O–H groups in total. The lowest BCUT2D eigenvalue weighted by Crippen LogP contribution is -2.43. The summed E-state index contributed by atoms with van der Waals surface area (Å²) in [4.78, 5) is 11.4. The van der Waals surface area contributed by atoms with Gasteiger partial charge in [0.25, 0.3) is 0 Å². The van der Waals surface area contributed by atoms with Gasteiger partial charge in [-0.05, 0) is 50.0 Å². The number of carboxylic acids is 1. The second-order valence-electron chi connectivity index (χ2n) is 4.64. The molecule has 0 aliphatic carbocycles. The number of benzene rings is 1. The van der Waals surface area contributed by atoms with E-state index in [9.17, 15) is 14.3 Å². The predicted molar refractivity (Wildman–Crippen MR) is 69.5 cm³/mol. The molecule has 1 saturated heterocycles. The van der Waals surface area contributed by atoms with Crippen LogP contribution in [0.2, 0.25) is 0 Å². The molecule has 3 nitrogen and oxygen atoms in total. The monoisotopic (exact) mass is 273 g/mol. The van der Waals surface area contributed by atoms with E-state index in [0.717, 1.165) is 5.56 Å². The number of aliphatic carboxylic acids is 1. The Morgan fingerprint density at radius 2 is 2.06 bits per heavy atom. The predicted octanol–water partition coefficient (Wildman–Crippen LogP) is 2.24. The average molecular weight is 274 g/mol. The lowest BCUT2D eigenvalue weighted by Gasteiger charge is -2.33. The van der Waals surface area contributed by atoms with Crippen LogP contribution in [-0.2, 0) is 11.2 Å². The minimum absolute atomic E-state index is 0. The standard InChI is InChI=1S/C13H16FNO2.ClH/c14-11-3-1-2-10(8-11)9-13(12(16)17)4-6-15-7-5-13;/h1-3,8,15H,4-7,9H2,(H,16,17);1H. The van der Waals surface area contributed by atoms with Crippen LogP contribution in [0.25, 0.3) is 0 Å². The molecule has 0 saturated carbocycles. The summed E-state index contributed by atoms with van der Waals surface area (Å²) >= 11 is 0. The van der Waals surface area contributed by atoms with Crippen LogP contribution in [0.15, 0.2) is 24.3 Å². The largest absolute Gasteiger partial charge is 0.481 e. The highest BCUT2D eigenvalue weighted by Crippen LogP contribution is 2.33. The first kappa shape index (κ1) is 14.9. The Kier molecular flexibility index (Phi) is 5.11. The zero-order valence-electron chi connectivity index (χ0n) is 9.99. The number of nitrogens with one attached hydrogen (secondary N) is 1. The van der Waals surface area contributed by atoms with Crippen LogP contribution < -0.4 is 5.32 Å². The zero-order chi connectivity index (χ0) is 12.3. The third-order valence-electron chi connectivity index (χ3n) is 3.45. The molecule has 1 aromatic carbocycles. The van der Waals surface area contributed by atoms with Crippen LogP contribution in [0.5, 0.6) is 0 Å². The molecule has 100 valence electrons. The van der Waals surface area contributed by atoms with E-state index in [2.05, 4.69) is 5.32 Å². The van der Waals surface area contributed by atoms with Crippen molar-refractivity contribution >= 4 is 18.4 Å². The Morgan fingerprint density at radius 3 is 2.61 bits per heavy atom. The first-order valence-corrected chi connectivity index (χ1v) is 5.81. The Morgan fingerprint density at radius 1 is 1.39 bits per heavy atom. The minimum Gasteiger partial charge on any atom is -0.481 e. The number of rotatable bonds is 3. The van der Waals surface area contributed by atoms with Crippen molar-refractivity contribution in [2.24, 2.45) is 5.41 Å². The maximum Gasteiger partial charge on any atom is 0.310 e. The Hall–Kier alpha value is -1.13. The third-order valence-corrected chi connectivity index (χ3v) is 3.45. The first-order valence-electron chi connectivity index (χ1n) is 5.81. The summed E-state index contributed by atoms with van der Waals surface area (Å²) in [5.41, 5.74) is 0.0216. The summed E-state index contributed by atoms with van der Waals surface area (Å²) in [6, 6.07) is 6.21. The van der Waals surface area contributed by atoms with Gasteiger partial charge in [0.1, 0.15) is 5.82 Å². The van der Waals surface area contributed by atoms with Gasteiger partial charge in [0.2, 0.25) is 0 Å². The van der Waals surface area contributed by atoms with Gasteiger partial charge in [-0.15, -0.1) is 12.4 Å². The Balaban J connectivity index is 0.00000162. The van der Waals surface area contributed by atoms with Crippen LogP contribution in [0.4, 0.5) is 4.39 Å². The lowest BCUT2D eigenvalue weighted by molar-refractivity contribution is -0.150. The summed E-state index contributed by atoms with van der Waals surface area (Å²) in [6.45, 7) is 1.42. The molecule has 0 aromatic heterocycles.